The van der Waals surface area contributed by atoms with Crippen LogP contribution in [0.2, 0.25) is 0 Å². The molecule has 0 bridgehead atoms. The first-order valence-electron chi connectivity index (χ1n) is 9.41. The fraction of sp³-hybridized carbons (Fsp3) is 0.778. The third-order valence-electron chi connectivity index (χ3n) is 5.03. The molecule has 0 saturated carbocycles. The van der Waals surface area contributed by atoms with Crippen LogP contribution in [0.4, 0.5) is 5.82 Å². The summed E-state index contributed by atoms with van der Waals surface area (Å²) in [6, 6.07) is 0.637. The van der Waals surface area contributed by atoms with Gasteiger partial charge in [0.1, 0.15) is 0 Å². The number of likely N-dealkylation sites (tertiary alicyclic amines) is 1. The first-order valence-corrected chi connectivity index (χ1v) is 9.41. The Morgan fingerprint density at radius 3 is 2.71 bits per heavy atom. The number of rotatable bonds is 6. The Hall–Kier alpha value is -1.40. The van der Waals surface area contributed by atoms with Crippen LogP contribution in [0, 0.1) is 0 Å². The number of hydrogen-bond donors (Lipinski definition) is 1. The van der Waals surface area contributed by atoms with Gasteiger partial charge in [-0.25, -0.2) is 0 Å². The lowest BCUT2D eigenvalue weighted by molar-refractivity contribution is 0.181. The minimum absolute atomic E-state index is 0.136. The van der Waals surface area contributed by atoms with E-state index in [9.17, 15) is 0 Å². The van der Waals surface area contributed by atoms with Crippen LogP contribution in [0.1, 0.15) is 44.9 Å². The molecule has 3 rings (SSSR count). The summed E-state index contributed by atoms with van der Waals surface area (Å²) in [4.78, 5) is 13.9. The Bertz CT molecular complexity index is 492. The SMILES string of the molecule is OCCCOc1cncc(N2CCCC(N3CCCCCC3)C2)n1. The molecule has 2 saturated heterocycles. The highest BCUT2D eigenvalue weighted by atomic mass is 16.5. The molecule has 1 atom stereocenters. The van der Waals surface area contributed by atoms with Gasteiger partial charge in [0, 0.05) is 32.2 Å². The number of nitrogens with zero attached hydrogens (tertiary/aromatic N) is 4. The molecule has 0 aliphatic carbocycles. The number of anilines is 1. The van der Waals surface area contributed by atoms with E-state index in [1.807, 2.05) is 6.20 Å². The first kappa shape index (κ1) is 17.4. The fourth-order valence-electron chi connectivity index (χ4n) is 3.72. The topological polar surface area (TPSA) is 61.7 Å². The summed E-state index contributed by atoms with van der Waals surface area (Å²) >= 11 is 0. The Balaban J connectivity index is 1.60. The third kappa shape index (κ3) is 4.80. The van der Waals surface area contributed by atoms with Crippen molar-refractivity contribution in [3.63, 3.8) is 0 Å². The molecule has 0 aromatic carbocycles. The molecule has 0 radical (unpaired) electrons. The van der Waals surface area contributed by atoms with Crippen molar-refractivity contribution in [2.45, 2.75) is 51.0 Å². The normalized spacial score (nSPS) is 23.0. The summed E-state index contributed by atoms with van der Waals surface area (Å²) < 4.78 is 5.57. The maximum atomic E-state index is 8.85. The molecule has 2 aliphatic heterocycles. The van der Waals surface area contributed by atoms with Crippen LogP contribution < -0.4 is 9.64 Å². The van der Waals surface area contributed by atoms with Gasteiger partial charge in [-0.1, -0.05) is 12.8 Å². The molecule has 1 N–H and O–H groups in total. The largest absolute Gasteiger partial charge is 0.476 e. The van der Waals surface area contributed by atoms with E-state index < -0.39 is 0 Å². The molecule has 24 heavy (non-hydrogen) atoms. The maximum Gasteiger partial charge on any atom is 0.234 e. The molecule has 3 heterocycles. The van der Waals surface area contributed by atoms with Crippen molar-refractivity contribution in [3.8, 4) is 5.88 Å². The Morgan fingerprint density at radius 1 is 1.08 bits per heavy atom. The van der Waals surface area contributed by atoms with Crippen molar-refractivity contribution in [3.05, 3.63) is 12.4 Å². The summed E-state index contributed by atoms with van der Waals surface area (Å²) in [6.45, 7) is 5.18. The minimum atomic E-state index is 0.136. The summed E-state index contributed by atoms with van der Waals surface area (Å²) in [5.41, 5.74) is 0. The monoisotopic (exact) mass is 334 g/mol. The van der Waals surface area contributed by atoms with Gasteiger partial charge in [0.2, 0.25) is 5.88 Å². The van der Waals surface area contributed by atoms with E-state index in [0.717, 1.165) is 18.9 Å². The quantitative estimate of drug-likeness (QED) is 0.804. The predicted octanol–water partition coefficient (Wildman–Crippen LogP) is 2.08. The van der Waals surface area contributed by atoms with Gasteiger partial charge in [0.05, 0.1) is 19.0 Å². The Morgan fingerprint density at radius 2 is 1.92 bits per heavy atom. The molecule has 0 spiro atoms. The second-order valence-electron chi connectivity index (χ2n) is 6.83. The molecule has 6 nitrogen and oxygen atoms in total. The number of aliphatic hydroxyl groups is 1. The van der Waals surface area contributed by atoms with Crippen LogP contribution in [0.3, 0.4) is 0 Å². The number of aromatic nitrogens is 2. The average molecular weight is 334 g/mol. The first-order chi connectivity index (χ1) is 11.9. The Labute approximate surface area is 144 Å². The third-order valence-corrected chi connectivity index (χ3v) is 5.03. The highest BCUT2D eigenvalue weighted by Gasteiger charge is 2.26. The van der Waals surface area contributed by atoms with Gasteiger partial charge in [-0.15, -0.1) is 0 Å². The van der Waals surface area contributed by atoms with Crippen molar-refractivity contribution in [1.29, 1.82) is 0 Å². The van der Waals surface area contributed by atoms with Crippen molar-refractivity contribution in [2.24, 2.45) is 0 Å². The molecule has 6 heteroatoms. The molecule has 2 aliphatic rings. The lowest BCUT2D eigenvalue weighted by Crippen LogP contribution is -2.48. The van der Waals surface area contributed by atoms with Gasteiger partial charge < -0.3 is 14.7 Å². The fourth-order valence-corrected chi connectivity index (χ4v) is 3.72. The van der Waals surface area contributed by atoms with E-state index in [2.05, 4.69) is 19.8 Å². The predicted molar refractivity (Wildman–Crippen MR) is 94.5 cm³/mol. The standard InChI is InChI=1S/C18H30N4O2/c23-11-6-12-24-18-14-19-13-17(20-18)22-10-5-7-16(15-22)21-8-3-1-2-4-9-21/h13-14,16,23H,1-12,15H2. The summed E-state index contributed by atoms with van der Waals surface area (Å²) in [6.07, 6.45) is 12.0. The van der Waals surface area contributed by atoms with E-state index in [1.54, 1.807) is 6.20 Å². The lowest BCUT2D eigenvalue weighted by Gasteiger charge is -2.39. The van der Waals surface area contributed by atoms with Gasteiger partial charge in [0.15, 0.2) is 5.82 Å². The minimum Gasteiger partial charge on any atom is -0.476 e. The Kier molecular flexibility index (Phi) is 6.66. The summed E-state index contributed by atoms with van der Waals surface area (Å²) in [5, 5.41) is 8.85. The van der Waals surface area contributed by atoms with E-state index in [0.29, 0.717) is 24.9 Å². The smallest absolute Gasteiger partial charge is 0.234 e. The number of piperidine rings is 1. The van der Waals surface area contributed by atoms with Crippen molar-refractivity contribution < 1.29 is 9.84 Å². The molecule has 0 amide bonds. The zero-order valence-electron chi connectivity index (χ0n) is 14.6. The second-order valence-corrected chi connectivity index (χ2v) is 6.83. The van der Waals surface area contributed by atoms with Gasteiger partial charge >= 0.3 is 0 Å². The van der Waals surface area contributed by atoms with Crippen LogP contribution >= 0.6 is 0 Å². The van der Waals surface area contributed by atoms with E-state index in [1.165, 1.54) is 51.6 Å². The molecule has 1 aromatic rings. The van der Waals surface area contributed by atoms with Crippen LogP contribution in [0.5, 0.6) is 5.88 Å². The van der Waals surface area contributed by atoms with Crippen LogP contribution in [-0.2, 0) is 0 Å². The van der Waals surface area contributed by atoms with Gasteiger partial charge in [-0.3, -0.25) is 9.88 Å². The molecular formula is C18H30N4O2. The number of hydrogen-bond acceptors (Lipinski definition) is 6. The van der Waals surface area contributed by atoms with E-state index in [-0.39, 0.29) is 6.61 Å². The zero-order valence-corrected chi connectivity index (χ0v) is 14.6. The lowest BCUT2D eigenvalue weighted by atomic mass is 10.0. The maximum absolute atomic E-state index is 8.85. The molecule has 1 aromatic heterocycles. The number of aliphatic hydroxyl groups excluding tert-OH is 1. The highest BCUT2D eigenvalue weighted by molar-refractivity contribution is 5.38. The van der Waals surface area contributed by atoms with Crippen LogP contribution in [-0.4, -0.2) is 65.4 Å². The molecular weight excluding hydrogens is 304 g/mol. The van der Waals surface area contributed by atoms with Crippen molar-refractivity contribution >= 4 is 5.82 Å². The van der Waals surface area contributed by atoms with Gasteiger partial charge in [0.25, 0.3) is 0 Å². The second kappa shape index (κ2) is 9.18. The van der Waals surface area contributed by atoms with Crippen LogP contribution in [0.25, 0.3) is 0 Å². The van der Waals surface area contributed by atoms with Crippen molar-refractivity contribution in [1.82, 2.24) is 14.9 Å². The highest BCUT2D eigenvalue weighted by Crippen LogP contribution is 2.24. The summed E-state index contributed by atoms with van der Waals surface area (Å²) in [7, 11) is 0. The zero-order chi connectivity index (χ0) is 16.6. The van der Waals surface area contributed by atoms with Gasteiger partial charge in [-0.2, -0.15) is 4.98 Å². The average Bonchev–Trinajstić information content (AvgIpc) is 2.92. The molecule has 2 fully saturated rings. The van der Waals surface area contributed by atoms with E-state index in [4.69, 9.17) is 9.84 Å². The van der Waals surface area contributed by atoms with Crippen molar-refractivity contribution in [2.75, 3.05) is 44.3 Å². The van der Waals surface area contributed by atoms with Gasteiger partial charge in [-0.05, 0) is 38.8 Å². The summed E-state index contributed by atoms with van der Waals surface area (Å²) in [5.74, 6) is 1.47. The molecule has 134 valence electrons. The number of ether oxygens (including phenoxy) is 1. The molecule has 1 unspecified atom stereocenters. The van der Waals surface area contributed by atoms with E-state index >= 15 is 0 Å². The van der Waals surface area contributed by atoms with Crippen LogP contribution in [0.15, 0.2) is 12.4 Å².